The second-order valence-electron chi connectivity index (χ2n) is 3.36. The third-order valence-electron chi connectivity index (χ3n) is 2.20. The molecule has 0 heterocycles. The standard InChI is InChI=1S/C12H18BrNO2S/c1-3-17-5-4-16-12-10(13)6-9(8-14)7-11(12)15-2/h6-7H,3-5,8,14H2,1-2H3. The number of halogens is 1. The van der Waals surface area contributed by atoms with Gasteiger partial charge >= 0.3 is 0 Å². The highest BCUT2D eigenvalue weighted by Gasteiger charge is 2.10. The van der Waals surface area contributed by atoms with Gasteiger partial charge in [-0.25, -0.2) is 0 Å². The van der Waals surface area contributed by atoms with E-state index in [4.69, 9.17) is 15.2 Å². The first-order valence-electron chi connectivity index (χ1n) is 5.50. The lowest BCUT2D eigenvalue weighted by molar-refractivity contribution is 0.311. The van der Waals surface area contributed by atoms with Gasteiger partial charge in [0.2, 0.25) is 0 Å². The first kappa shape index (κ1) is 14.7. The van der Waals surface area contributed by atoms with E-state index >= 15 is 0 Å². The maximum absolute atomic E-state index is 5.73. The van der Waals surface area contributed by atoms with Crippen LogP contribution in [0.2, 0.25) is 0 Å². The zero-order chi connectivity index (χ0) is 12.7. The summed E-state index contributed by atoms with van der Waals surface area (Å²) in [5.41, 5.74) is 6.63. The van der Waals surface area contributed by atoms with Gasteiger partial charge in [0.15, 0.2) is 11.5 Å². The predicted molar refractivity (Wildman–Crippen MR) is 77.1 cm³/mol. The van der Waals surface area contributed by atoms with Crippen LogP contribution < -0.4 is 15.2 Å². The van der Waals surface area contributed by atoms with Crippen LogP contribution in [0.15, 0.2) is 16.6 Å². The van der Waals surface area contributed by atoms with Gasteiger partial charge in [-0.15, -0.1) is 0 Å². The molecule has 96 valence electrons. The first-order chi connectivity index (χ1) is 8.22. The molecule has 2 N–H and O–H groups in total. The molecule has 0 atom stereocenters. The molecule has 17 heavy (non-hydrogen) atoms. The first-order valence-corrected chi connectivity index (χ1v) is 7.44. The van der Waals surface area contributed by atoms with Crippen LogP contribution in [-0.4, -0.2) is 25.2 Å². The van der Waals surface area contributed by atoms with Crippen molar-refractivity contribution < 1.29 is 9.47 Å². The average molecular weight is 320 g/mol. The highest BCUT2D eigenvalue weighted by molar-refractivity contribution is 9.10. The topological polar surface area (TPSA) is 44.5 Å². The molecule has 0 saturated heterocycles. The van der Waals surface area contributed by atoms with E-state index in [0.29, 0.717) is 13.2 Å². The van der Waals surface area contributed by atoms with Crippen LogP contribution in [0.3, 0.4) is 0 Å². The Morgan fingerprint density at radius 2 is 2.18 bits per heavy atom. The summed E-state index contributed by atoms with van der Waals surface area (Å²) in [6.45, 7) is 3.30. The number of methoxy groups -OCH3 is 1. The number of benzene rings is 1. The molecule has 1 aromatic rings. The van der Waals surface area contributed by atoms with Gasteiger partial charge in [0.1, 0.15) is 0 Å². The summed E-state index contributed by atoms with van der Waals surface area (Å²) in [5.74, 6) is 3.56. The Bertz CT molecular complexity index is 361. The Kier molecular flexibility index (Phi) is 6.77. The predicted octanol–water partition coefficient (Wildman–Crippen LogP) is 3.05. The summed E-state index contributed by atoms with van der Waals surface area (Å²) in [6, 6.07) is 3.87. The Labute approximate surface area is 115 Å². The number of hydrogen-bond donors (Lipinski definition) is 1. The lowest BCUT2D eigenvalue weighted by atomic mass is 10.2. The highest BCUT2D eigenvalue weighted by Crippen LogP contribution is 2.36. The molecule has 3 nitrogen and oxygen atoms in total. The van der Waals surface area contributed by atoms with Gasteiger partial charge in [-0.1, -0.05) is 6.92 Å². The molecule has 1 aromatic carbocycles. The van der Waals surface area contributed by atoms with Crippen LogP contribution in [0.25, 0.3) is 0 Å². The summed E-state index contributed by atoms with van der Waals surface area (Å²) < 4.78 is 11.9. The van der Waals surface area contributed by atoms with Crippen molar-refractivity contribution in [2.45, 2.75) is 13.5 Å². The minimum absolute atomic E-state index is 0.487. The molecule has 0 bridgehead atoms. The van der Waals surface area contributed by atoms with Crippen molar-refractivity contribution >= 4 is 27.7 Å². The van der Waals surface area contributed by atoms with Crippen LogP contribution in [0.1, 0.15) is 12.5 Å². The van der Waals surface area contributed by atoms with Crippen molar-refractivity contribution in [3.63, 3.8) is 0 Å². The minimum Gasteiger partial charge on any atom is -0.493 e. The molecule has 1 rings (SSSR count). The van der Waals surface area contributed by atoms with Gasteiger partial charge in [0.05, 0.1) is 18.2 Å². The fourth-order valence-electron chi connectivity index (χ4n) is 1.38. The number of nitrogens with two attached hydrogens (primary N) is 1. The molecule has 5 heteroatoms. The van der Waals surface area contributed by atoms with Gasteiger partial charge < -0.3 is 15.2 Å². The normalized spacial score (nSPS) is 10.4. The van der Waals surface area contributed by atoms with Crippen molar-refractivity contribution in [3.05, 3.63) is 22.2 Å². The molecule has 0 amide bonds. The van der Waals surface area contributed by atoms with Gasteiger partial charge in [0.25, 0.3) is 0 Å². The van der Waals surface area contributed by atoms with Crippen molar-refractivity contribution in [1.82, 2.24) is 0 Å². The SMILES string of the molecule is CCSCCOc1c(Br)cc(CN)cc1OC. The average Bonchev–Trinajstić information content (AvgIpc) is 2.35. The zero-order valence-corrected chi connectivity index (χ0v) is 12.6. The molecule has 0 saturated carbocycles. The Hall–Kier alpha value is -0.390. The molecule has 0 spiro atoms. The third-order valence-corrected chi connectivity index (χ3v) is 3.66. The highest BCUT2D eigenvalue weighted by atomic mass is 79.9. The van der Waals surface area contributed by atoms with E-state index in [0.717, 1.165) is 33.0 Å². The van der Waals surface area contributed by atoms with Crippen LogP contribution >= 0.6 is 27.7 Å². The summed E-state index contributed by atoms with van der Waals surface area (Å²) in [5, 5.41) is 0. The maximum Gasteiger partial charge on any atom is 0.175 e. The third kappa shape index (κ3) is 4.41. The number of hydrogen-bond acceptors (Lipinski definition) is 4. The van der Waals surface area contributed by atoms with Crippen molar-refractivity contribution in [2.75, 3.05) is 25.2 Å². The molecule has 0 aliphatic carbocycles. The molecule has 0 aromatic heterocycles. The monoisotopic (exact) mass is 319 g/mol. The molecule has 0 unspecified atom stereocenters. The number of thioether (sulfide) groups is 1. The fourth-order valence-corrected chi connectivity index (χ4v) is 2.47. The summed E-state index contributed by atoms with van der Waals surface area (Å²) in [7, 11) is 1.63. The van der Waals surface area contributed by atoms with Gasteiger partial charge in [0, 0.05) is 12.3 Å². The van der Waals surface area contributed by atoms with Gasteiger partial charge in [-0.05, 0) is 39.4 Å². The second kappa shape index (κ2) is 7.84. The summed E-state index contributed by atoms with van der Waals surface area (Å²) in [4.78, 5) is 0. The fraction of sp³-hybridized carbons (Fsp3) is 0.500. The van der Waals surface area contributed by atoms with Crippen LogP contribution in [0.4, 0.5) is 0 Å². The van der Waals surface area contributed by atoms with Gasteiger partial charge in [-0.3, -0.25) is 0 Å². The maximum atomic E-state index is 5.73. The van der Waals surface area contributed by atoms with Crippen molar-refractivity contribution in [3.8, 4) is 11.5 Å². The van der Waals surface area contributed by atoms with E-state index < -0.39 is 0 Å². The van der Waals surface area contributed by atoms with Crippen molar-refractivity contribution in [2.24, 2.45) is 5.73 Å². The Morgan fingerprint density at radius 3 is 2.76 bits per heavy atom. The van der Waals surface area contributed by atoms with Crippen molar-refractivity contribution in [1.29, 1.82) is 0 Å². The Morgan fingerprint density at radius 1 is 1.41 bits per heavy atom. The number of rotatable bonds is 7. The van der Waals surface area contributed by atoms with E-state index in [1.165, 1.54) is 0 Å². The molecule has 0 aliphatic rings. The van der Waals surface area contributed by atoms with Crippen LogP contribution in [0.5, 0.6) is 11.5 Å². The largest absolute Gasteiger partial charge is 0.493 e. The van der Waals surface area contributed by atoms with E-state index in [9.17, 15) is 0 Å². The second-order valence-corrected chi connectivity index (χ2v) is 5.61. The molecular weight excluding hydrogens is 302 g/mol. The summed E-state index contributed by atoms with van der Waals surface area (Å²) in [6.07, 6.45) is 0. The zero-order valence-electron chi connectivity index (χ0n) is 10.2. The van der Waals surface area contributed by atoms with E-state index in [1.807, 2.05) is 23.9 Å². The minimum atomic E-state index is 0.487. The number of ether oxygens (including phenoxy) is 2. The smallest absolute Gasteiger partial charge is 0.175 e. The van der Waals surface area contributed by atoms with Gasteiger partial charge in [-0.2, -0.15) is 11.8 Å². The lowest BCUT2D eigenvalue weighted by Gasteiger charge is -2.13. The van der Waals surface area contributed by atoms with E-state index in [-0.39, 0.29) is 0 Å². The quantitative estimate of drug-likeness (QED) is 0.784. The van der Waals surface area contributed by atoms with Crippen LogP contribution in [0, 0.1) is 0 Å². The molecule has 0 fully saturated rings. The van der Waals surface area contributed by atoms with E-state index in [2.05, 4.69) is 22.9 Å². The molecule has 0 aliphatic heterocycles. The summed E-state index contributed by atoms with van der Waals surface area (Å²) >= 11 is 5.33. The Balaban J connectivity index is 2.75. The van der Waals surface area contributed by atoms with E-state index in [1.54, 1.807) is 7.11 Å². The lowest BCUT2D eigenvalue weighted by Crippen LogP contribution is -2.04. The molecular formula is C12H18BrNO2S. The molecule has 0 radical (unpaired) electrons. The van der Waals surface area contributed by atoms with Crippen LogP contribution in [-0.2, 0) is 6.54 Å².